The topological polar surface area (TPSA) is 80.0 Å². The summed E-state index contributed by atoms with van der Waals surface area (Å²) in [6.07, 6.45) is 2.58. The summed E-state index contributed by atoms with van der Waals surface area (Å²) in [6.45, 7) is 8.76. The van der Waals surface area contributed by atoms with Crippen molar-refractivity contribution in [1.82, 2.24) is 10.2 Å². The van der Waals surface area contributed by atoms with Gasteiger partial charge in [-0.15, -0.1) is 24.0 Å². The molecule has 1 fully saturated rings. The Labute approximate surface area is 144 Å². The number of guanidine groups is 1. The fourth-order valence-electron chi connectivity index (χ4n) is 2.12. The molecule has 0 atom stereocenters. The van der Waals surface area contributed by atoms with Crippen molar-refractivity contribution >= 4 is 36.0 Å². The van der Waals surface area contributed by atoms with E-state index in [4.69, 9.17) is 10.5 Å². The van der Waals surface area contributed by atoms with Crippen LogP contribution in [0.1, 0.15) is 40.0 Å². The number of ether oxygens (including phenoxy) is 1. The fourth-order valence-corrected chi connectivity index (χ4v) is 2.12. The van der Waals surface area contributed by atoms with Crippen LogP contribution in [0.15, 0.2) is 4.99 Å². The first-order valence-electron chi connectivity index (χ1n) is 7.51. The predicted octanol–water partition coefficient (Wildman–Crippen LogP) is 2.18. The van der Waals surface area contributed by atoms with E-state index in [1.165, 1.54) is 0 Å². The maximum Gasteiger partial charge on any atom is 0.409 e. The Kier molecular flexibility index (Phi) is 10.5. The number of nitrogens with two attached hydrogens (primary N) is 1. The van der Waals surface area contributed by atoms with Gasteiger partial charge in [0.1, 0.15) is 0 Å². The van der Waals surface area contributed by atoms with Crippen molar-refractivity contribution < 1.29 is 9.53 Å². The molecule has 0 unspecified atom stereocenters. The second kappa shape index (κ2) is 10.9. The van der Waals surface area contributed by atoms with Gasteiger partial charge in [0.05, 0.1) is 6.61 Å². The molecule has 1 saturated heterocycles. The van der Waals surface area contributed by atoms with E-state index in [2.05, 4.69) is 24.2 Å². The lowest BCUT2D eigenvalue weighted by molar-refractivity contribution is 0.0963. The lowest BCUT2D eigenvalue weighted by Crippen LogP contribution is -2.48. The molecule has 6 nitrogen and oxygen atoms in total. The molecule has 0 spiro atoms. The lowest BCUT2D eigenvalue weighted by Gasteiger charge is -2.31. The lowest BCUT2D eigenvalue weighted by atomic mass is 10.1. The Morgan fingerprint density at radius 3 is 2.57 bits per heavy atom. The van der Waals surface area contributed by atoms with Crippen molar-refractivity contribution in [2.45, 2.75) is 46.1 Å². The van der Waals surface area contributed by atoms with Gasteiger partial charge in [0.25, 0.3) is 0 Å². The molecule has 0 aliphatic carbocycles. The number of likely N-dealkylation sites (tertiary alicyclic amines) is 1. The smallest absolute Gasteiger partial charge is 0.409 e. The van der Waals surface area contributed by atoms with E-state index in [0.29, 0.717) is 37.6 Å². The fraction of sp³-hybridized carbons (Fsp3) is 0.857. The average Bonchev–Trinajstić information content (AvgIpc) is 2.39. The molecular weight excluding hydrogens is 383 g/mol. The first-order valence-corrected chi connectivity index (χ1v) is 7.51. The van der Waals surface area contributed by atoms with E-state index in [-0.39, 0.29) is 30.1 Å². The quantitative estimate of drug-likeness (QED) is 0.412. The monoisotopic (exact) mass is 412 g/mol. The predicted molar refractivity (Wildman–Crippen MR) is 96.1 cm³/mol. The molecule has 21 heavy (non-hydrogen) atoms. The second-order valence-electron chi connectivity index (χ2n) is 5.55. The first-order chi connectivity index (χ1) is 9.52. The SMILES string of the molecule is CCOC(=O)N1CCC(NC(N)=NCCC(C)C)CC1.I. The molecule has 0 radical (unpaired) electrons. The number of amides is 1. The number of carbonyl (C=O) groups excluding carboxylic acids is 1. The third-order valence-corrected chi connectivity index (χ3v) is 3.36. The Morgan fingerprint density at radius 1 is 1.43 bits per heavy atom. The zero-order chi connectivity index (χ0) is 15.0. The van der Waals surface area contributed by atoms with Crippen LogP contribution in [0.2, 0.25) is 0 Å². The summed E-state index contributed by atoms with van der Waals surface area (Å²) < 4.78 is 4.99. The van der Waals surface area contributed by atoms with Gasteiger partial charge in [0.15, 0.2) is 5.96 Å². The zero-order valence-corrected chi connectivity index (χ0v) is 15.6. The molecule has 1 rings (SSSR count). The molecule has 7 heteroatoms. The number of halogens is 1. The van der Waals surface area contributed by atoms with E-state index < -0.39 is 0 Å². The van der Waals surface area contributed by atoms with Gasteiger partial charge < -0.3 is 20.7 Å². The highest BCUT2D eigenvalue weighted by Crippen LogP contribution is 2.11. The van der Waals surface area contributed by atoms with Gasteiger partial charge in [-0.1, -0.05) is 13.8 Å². The van der Waals surface area contributed by atoms with E-state index in [1.807, 2.05) is 6.92 Å². The molecule has 1 aliphatic heterocycles. The average molecular weight is 412 g/mol. The van der Waals surface area contributed by atoms with Gasteiger partial charge >= 0.3 is 6.09 Å². The summed E-state index contributed by atoms with van der Waals surface area (Å²) in [4.78, 5) is 17.6. The molecule has 0 bridgehead atoms. The van der Waals surface area contributed by atoms with Crippen molar-refractivity contribution in [3.63, 3.8) is 0 Å². The number of hydrogen-bond donors (Lipinski definition) is 2. The highest BCUT2D eigenvalue weighted by molar-refractivity contribution is 14.0. The minimum absolute atomic E-state index is 0. The number of rotatable bonds is 5. The van der Waals surface area contributed by atoms with Crippen LogP contribution in [0.25, 0.3) is 0 Å². The van der Waals surface area contributed by atoms with Gasteiger partial charge in [-0.3, -0.25) is 4.99 Å². The van der Waals surface area contributed by atoms with E-state index in [1.54, 1.807) is 4.90 Å². The van der Waals surface area contributed by atoms with Crippen molar-refractivity contribution in [3.8, 4) is 0 Å². The third-order valence-electron chi connectivity index (χ3n) is 3.36. The van der Waals surface area contributed by atoms with Crippen molar-refractivity contribution in [2.24, 2.45) is 16.6 Å². The van der Waals surface area contributed by atoms with Crippen LogP contribution in [0.4, 0.5) is 4.79 Å². The van der Waals surface area contributed by atoms with E-state index in [0.717, 1.165) is 25.8 Å². The van der Waals surface area contributed by atoms with Gasteiger partial charge in [-0.2, -0.15) is 0 Å². The molecule has 0 saturated carbocycles. The Bertz CT molecular complexity index is 329. The number of hydrogen-bond acceptors (Lipinski definition) is 3. The van der Waals surface area contributed by atoms with Gasteiger partial charge in [0.2, 0.25) is 0 Å². The molecule has 1 amide bonds. The molecular formula is C14H29IN4O2. The summed E-state index contributed by atoms with van der Waals surface area (Å²) in [5.74, 6) is 1.15. The maximum atomic E-state index is 11.6. The van der Waals surface area contributed by atoms with E-state index in [9.17, 15) is 4.79 Å². The normalized spacial score (nSPS) is 16.6. The molecule has 0 aromatic carbocycles. The number of nitrogens with one attached hydrogen (secondary N) is 1. The van der Waals surface area contributed by atoms with Gasteiger partial charge in [-0.25, -0.2) is 4.79 Å². The van der Waals surface area contributed by atoms with Crippen molar-refractivity contribution in [3.05, 3.63) is 0 Å². The molecule has 3 N–H and O–H groups in total. The molecule has 0 aromatic rings. The highest BCUT2D eigenvalue weighted by Gasteiger charge is 2.23. The summed E-state index contributed by atoms with van der Waals surface area (Å²) in [5.41, 5.74) is 5.87. The Balaban J connectivity index is 0.00000400. The van der Waals surface area contributed by atoms with Crippen LogP contribution in [-0.4, -0.2) is 49.2 Å². The third kappa shape index (κ3) is 8.33. The number of nitrogens with zero attached hydrogens (tertiary/aromatic N) is 2. The largest absolute Gasteiger partial charge is 0.450 e. The van der Waals surface area contributed by atoms with Crippen LogP contribution in [0.3, 0.4) is 0 Å². The molecule has 1 heterocycles. The van der Waals surface area contributed by atoms with Crippen LogP contribution in [-0.2, 0) is 4.74 Å². The highest BCUT2D eigenvalue weighted by atomic mass is 127. The standard InChI is InChI=1S/C14H28N4O2.HI/c1-4-20-14(19)18-9-6-12(7-10-18)17-13(15)16-8-5-11(2)3;/h11-12H,4-10H2,1-3H3,(H3,15,16,17);1H. The summed E-state index contributed by atoms with van der Waals surface area (Å²) in [7, 11) is 0. The minimum atomic E-state index is -0.218. The Morgan fingerprint density at radius 2 is 2.05 bits per heavy atom. The van der Waals surface area contributed by atoms with Crippen molar-refractivity contribution in [2.75, 3.05) is 26.2 Å². The minimum Gasteiger partial charge on any atom is -0.450 e. The first kappa shape index (κ1) is 20.3. The number of carbonyl (C=O) groups is 1. The summed E-state index contributed by atoms with van der Waals surface area (Å²) in [5, 5.41) is 3.23. The van der Waals surface area contributed by atoms with Crippen LogP contribution < -0.4 is 11.1 Å². The van der Waals surface area contributed by atoms with Gasteiger partial charge in [0, 0.05) is 25.7 Å². The van der Waals surface area contributed by atoms with Gasteiger partial charge in [-0.05, 0) is 32.1 Å². The molecule has 124 valence electrons. The summed E-state index contributed by atoms with van der Waals surface area (Å²) >= 11 is 0. The number of aliphatic imine (C=N–C) groups is 1. The molecule has 1 aliphatic rings. The molecule has 0 aromatic heterocycles. The van der Waals surface area contributed by atoms with Crippen LogP contribution >= 0.6 is 24.0 Å². The Hall–Kier alpha value is -0.730. The second-order valence-corrected chi connectivity index (χ2v) is 5.55. The van der Waals surface area contributed by atoms with Crippen molar-refractivity contribution in [1.29, 1.82) is 0 Å². The van der Waals surface area contributed by atoms with Crippen LogP contribution in [0.5, 0.6) is 0 Å². The number of piperidine rings is 1. The van der Waals surface area contributed by atoms with E-state index >= 15 is 0 Å². The zero-order valence-electron chi connectivity index (χ0n) is 13.3. The summed E-state index contributed by atoms with van der Waals surface area (Å²) in [6, 6.07) is 0.295. The maximum absolute atomic E-state index is 11.6. The van der Waals surface area contributed by atoms with Crippen LogP contribution in [0, 0.1) is 5.92 Å².